The highest BCUT2D eigenvalue weighted by atomic mass is 16.2. The molecule has 2 rings (SSSR count). The van der Waals surface area contributed by atoms with E-state index in [1.54, 1.807) is 0 Å². The third-order valence-corrected chi connectivity index (χ3v) is 4.04. The largest absolute Gasteiger partial charge is 0.348 e. The second kappa shape index (κ2) is 5.74. The van der Waals surface area contributed by atoms with Crippen LogP contribution in [0.5, 0.6) is 0 Å². The van der Waals surface area contributed by atoms with Crippen molar-refractivity contribution in [2.75, 3.05) is 6.54 Å². The number of hydrogen-bond acceptors (Lipinski definition) is 2. The molecule has 19 heavy (non-hydrogen) atoms. The van der Waals surface area contributed by atoms with Crippen molar-refractivity contribution < 1.29 is 4.79 Å². The lowest BCUT2D eigenvalue weighted by molar-refractivity contribution is -0.128. The summed E-state index contributed by atoms with van der Waals surface area (Å²) in [6, 6.07) is 8.37. The van der Waals surface area contributed by atoms with Crippen molar-refractivity contribution in [1.29, 1.82) is 0 Å². The Morgan fingerprint density at radius 3 is 2.58 bits per heavy atom. The lowest BCUT2D eigenvalue weighted by Gasteiger charge is -2.34. The summed E-state index contributed by atoms with van der Waals surface area (Å²) in [5.74, 6) is 0.111. The Bertz CT molecular complexity index is 433. The van der Waals surface area contributed by atoms with Gasteiger partial charge in [-0.15, -0.1) is 0 Å². The standard InChI is InChI=1S/C16H24N2O/c1-12-6-8-14(9-7-12)13(2)18-15(19)16(3)10-4-5-11-17-16/h6-9,13,17H,4-5,10-11H2,1-3H3,(H,18,19)/t13-,16?/m0/s1. The number of hydrogen-bond donors (Lipinski definition) is 2. The van der Waals surface area contributed by atoms with Crippen molar-refractivity contribution in [3.8, 4) is 0 Å². The molecule has 0 saturated carbocycles. The molecule has 0 bridgehead atoms. The van der Waals surface area contributed by atoms with Gasteiger partial charge in [0.05, 0.1) is 11.6 Å². The highest BCUT2D eigenvalue weighted by molar-refractivity contribution is 5.86. The molecule has 3 nitrogen and oxygen atoms in total. The fraction of sp³-hybridized carbons (Fsp3) is 0.562. The number of carbonyl (C=O) groups excluding carboxylic acids is 1. The van der Waals surface area contributed by atoms with Gasteiger partial charge >= 0.3 is 0 Å². The van der Waals surface area contributed by atoms with E-state index in [0.29, 0.717) is 0 Å². The molecule has 1 unspecified atom stereocenters. The Hall–Kier alpha value is -1.35. The number of benzene rings is 1. The first-order valence-electron chi connectivity index (χ1n) is 7.14. The number of amides is 1. The van der Waals surface area contributed by atoms with Crippen LogP contribution in [0.2, 0.25) is 0 Å². The molecule has 1 amide bonds. The summed E-state index contributed by atoms with van der Waals surface area (Å²) in [7, 11) is 0. The van der Waals surface area contributed by atoms with Crippen LogP contribution in [0, 0.1) is 6.92 Å². The average molecular weight is 260 g/mol. The van der Waals surface area contributed by atoms with Crippen LogP contribution in [-0.4, -0.2) is 18.0 Å². The maximum Gasteiger partial charge on any atom is 0.240 e. The van der Waals surface area contributed by atoms with E-state index in [9.17, 15) is 4.79 Å². The summed E-state index contributed by atoms with van der Waals surface area (Å²) in [5.41, 5.74) is 1.98. The second-order valence-corrected chi connectivity index (χ2v) is 5.82. The molecule has 2 atom stereocenters. The molecule has 0 aliphatic carbocycles. The molecule has 1 aromatic carbocycles. The van der Waals surface area contributed by atoms with Gasteiger partial charge in [-0.1, -0.05) is 29.8 Å². The summed E-state index contributed by atoms with van der Waals surface area (Å²) in [6.07, 6.45) is 3.20. The van der Waals surface area contributed by atoms with E-state index in [1.807, 2.05) is 13.8 Å². The van der Waals surface area contributed by atoms with E-state index in [-0.39, 0.29) is 11.9 Å². The van der Waals surface area contributed by atoms with Crippen molar-refractivity contribution in [1.82, 2.24) is 10.6 Å². The molecule has 2 N–H and O–H groups in total. The Labute approximate surface area is 115 Å². The van der Waals surface area contributed by atoms with Gasteiger partial charge in [-0.3, -0.25) is 4.79 Å². The van der Waals surface area contributed by atoms with Crippen LogP contribution < -0.4 is 10.6 Å². The average Bonchev–Trinajstić information content (AvgIpc) is 2.40. The maximum atomic E-state index is 12.4. The van der Waals surface area contributed by atoms with Gasteiger partial charge in [0.15, 0.2) is 0 Å². The SMILES string of the molecule is Cc1ccc([C@H](C)NC(=O)C2(C)CCCCN2)cc1. The molecule has 104 valence electrons. The molecule has 3 heteroatoms. The van der Waals surface area contributed by atoms with Crippen molar-refractivity contribution in [3.63, 3.8) is 0 Å². The molecule has 1 heterocycles. The van der Waals surface area contributed by atoms with Crippen LogP contribution >= 0.6 is 0 Å². The van der Waals surface area contributed by atoms with Crippen LogP contribution in [0.25, 0.3) is 0 Å². The second-order valence-electron chi connectivity index (χ2n) is 5.82. The van der Waals surface area contributed by atoms with Gasteiger partial charge in [-0.05, 0) is 52.1 Å². The molecule has 1 aliphatic heterocycles. The van der Waals surface area contributed by atoms with Crippen molar-refractivity contribution >= 4 is 5.91 Å². The predicted molar refractivity (Wildman–Crippen MR) is 78.0 cm³/mol. The van der Waals surface area contributed by atoms with Gasteiger partial charge < -0.3 is 10.6 Å². The third kappa shape index (κ3) is 3.35. The number of carbonyl (C=O) groups is 1. The van der Waals surface area contributed by atoms with E-state index in [1.165, 1.54) is 5.56 Å². The number of piperidine rings is 1. The van der Waals surface area contributed by atoms with Gasteiger partial charge in [-0.25, -0.2) is 0 Å². The first kappa shape index (κ1) is 14.1. The monoisotopic (exact) mass is 260 g/mol. The Balaban J connectivity index is 2.00. The molecule has 1 aromatic rings. The van der Waals surface area contributed by atoms with Gasteiger partial charge in [0.2, 0.25) is 5.91 Å². The van der Waals surface area contributed by atoms with Crippen molar-refractivity contribution in [3.05, 3.63) is 35.4 Å². The first-order chi connectivity index (χ1) is 9.01. The van der Waals surface area contributed by atoms with E-state index in [2.05, 4.69) is 41.8 Å². The zero-order valence-corrected chi connectivity index (χ0v) is 12.1. The predicted octanol–water partition coefficient (Wildman–Crippen LogP) is 2.70. The van der Waals surface area contributed by atoms with Crippen molar-refractivity contribution in [2.45, 2.75) is 51.6 Å². The van der Waals surface area contributed by atoms with Gasteiger partial charge in [0, 0.05) is 0 Å². The highest BCUT2D eigenvalue weighted by Crippen LogP contribution is 2.21. The van der Waals surface area contributed by atoms with Crippen LogP contribution in [0.3, 0.4) is 0 Å². The minimum absolute atomic E-state index is 0.0497. The lowest BCUT2D eigenvalue weighted by atomic mass is 9.89. The lowest BCUT2D eigenvalue weighted by Crippen LogP contribution is -2.57. The summed E-state index contributed by atoms with van der Waals surface area (Å²) in [6.45, 7) is 7.04. The molecule has 0 aromatic heterocycles. The smallest absolute Gasteiger partial charge is 0.240 e. The number of rotatable bonds is 3. The van der Waals surface area contributed by atoms with Crippen LogP contribution in [-0.2, 0) is 4.79 Å². The van der Waals surface area contributed by atoms with Crippen LogP contribution in [0.15, 0.2) is 24.3 Å². The van der Waals surface area contributed by atoms with Gasteiger partial charge in [-0.2, -0.15) is 0 Å². The Kier molecular flexibility index (Phi) is 4.25. The Morgan fingerprint density at radius 1 is 1.32 bits per heavy atom. The number of nitrogens with one attached hydrogen (secondary N) is 2. The van der Waals surface area contributed by atoms with E-state index in [4.69, 9.17) is 0 Å². The maximum absolute atomic E-state index is 12.4. The normalized spacial score (nSPS) is 24.8. The topological polar surface area (TPSA) is 41.1 Å². The van der Waals surface area contributed by atoms with Gasteiger partial charge in [0.1, 0.15) is 0 Å². The van der Waals surface area contributed by atoms with Crippen molar-refractivity contribution in [2.24, 2.45) is 0 Å². The number of aryl methyl sites for hydroxylation is 1. The highest BCUT2D eigenvalue weighted by Gasteiger charge is 2.34. The first-order valence-corrected chi connectivity index (χ1v) is 7.14. The van der Waals surface area contributed by atoms with E-state index < -0.39 is 5.54 Å². The summed E-state index contributed by atoms with van der Waals surface area (Å²) < 4.78 is 0. The molecule has 1 aliphatic rings. The Morgan fingerprint density at radius 2 is 2.00 bits per heavy atom. The van der Waals surface area contributed by atoms with Gasteiger partial charge in [0.25, 0.3) is 0 Å². The van der Waals surface area contributed by atoms with E-state index >= 15 is 0 Å². The van der Waals surface area contributed by atoms with Crippen LogP contribution in [0.4, 0.5) is 0 Å². The zero-order valence-electron chi connectivity index (χ0n) is 12.1. The fourth-order valence-corrected chi connectivity index (χ4v) is 2.54. The summed E-state index contributed by atoms with van der Waals surface area (Å²) in [5, 5.41) is 6.47. The fourth-order valence-electron chi connectivity index (χ4n) is 2.54. The molecular weight excluding hydrogens is 236 g/mol. The minimum Gasteiger partial charge on any atom is -0.348 e. The molecular formula is C16H24N2O. The zero-order chi connectivity index (χ0) is 13.9. The third-order valence-electron chi connectivity index (χ3n) is 4.04. The minimum atomic E-state index is -0.406. The van der Waals surface area contributed by atoms with Crippen LogP contribution in [0.1, 0.15) is 50.3 Å². The molecule has 0 radical (unpaired) electrons. The summed E-state index contributed by atoms with van der Waals surface area (Å²) in [4.78, 5) is 12.4. The molecule has 0 spiro atoms. The quantitative estimate of drug-likeness (QED) is 0.877. The molecule has 1 fully saturated rings. The molecule has 1 saturated heterocycles. The summed E-state index contributed by atoms with van der Waals surface area (Å²) >= 11 is 0. The van der Waals surface area contributed by atoms with E-state index in [0.717, 1.165) is 31.4 Å².